The lowest BCUT2D eigenvalue weighted by Gasteiger charge is -2.54. The van der Waals surface area contributed by atoms with Gasteiger partial charge >= 0.3 is 0 Å². The first-order valence-corrected chi connectivity index (χ1v) is 13.1. The Kier molecular flexibility index (Phi) is 6.62. The highest BCUT2D eigenvalue weighted by Crippen LogP contribution is 2.47. The van der Waals surface area contributed by atoms with Gasteiger partial charge in [0.05, 0.1) is 37.7 Å². The minimum absolute atomic E-state index is 0.200. The standard InChI is InChI=1S/C27H35BrNO3/c28-25-18-29(15-7-17-31-23-10-5-2-6-11-23)16-14-24(25)26(19-29)32-20-27(30,22-12-13-22)21-8-3-1-4-9-21/h1-6,8-11,22,24-26,30H,7,12-20H2/q+1. The van der Waals surface area contributed by atoms with Crippen molar-refractivity contribution in [2.75, 3.05) is 39.4 Å². The number of alkyl halides is 1. The van der Waals surface area contributed by atoms with Crippen LogP contribution in [0.25, 0.3) is 0 Å². The fraction of sp³-hybridized carbons (Fsp3) is 0.556. The van der Waals surface area contributed by atoms with Crippen LogP contribution >= 0.6 is 15.9 Å². The molecule has 0 amide bonds. The van der Waals surface area contributed by atoms with Crippen LogP contribution in [-0.2, 0) is 10.3 Å². The molecule has 1 N–H and O–H groups in total. The number of benzene rings is 2. The number of aliphatic hydroxyl groups is 1. The number of para-hydroxylation sites is 1. The molecule has 0 spiro atoms. The third-order valence-electron chi connectivity index (χ3n) is 7.84. The Bertz CT molecular complexity index is 877. The van der Waals surface area contributed by atoms with Crippen molar-refractivity contribution in [3.63, 3.8) is 0 Å². The Hall–Kier alpha value is -1.40. The summed E-state index contributed by atoms with van der Waals surface area (Å²) in [5.74, 6) is 1.81. The molecule has 4 aliphatic rings. The molecule has 3 heterocycles. The molecule has 2 aromatic carbocycles. The zero-order valence-electron chi connectivity index (χ0n) is 18.7. The van der Waals surface area contributed by atoms with Gasteiger partial charge in [0.2, 0.25) is 0 Å². The maximum Gasteiger partial charge on any atom is 0.119 e. The number of hydrogen-bond acceptors (Lipinski definition) is 3. The average molecular weight is 501 g/mol. The van der Waals surface area contributed by atoms with E-state index < -0.39 is 5.60 Å². The van der Waals surface area contributed by atoms with E-state index in [4.69, 9.17) is 9.47 Å². The van der Waals surface area contributed by atoms with E-state index in [0.29, 0.717) is 23.3 Å². The highest BCUT2D eigenvalue weighted by atomic mass is 79.9. The molecule has 3 saturated heterocycles. The predicted molar refractivity (Wildman–Crippen MR) is 130 cm³/mol. The summed E-state index contributed by atoms with van der Waals surface area (Å²) in [4.78, 5) is 0.482. The molecule has 2 bridgehead atoms. The van der Waals surface area contributed by atoms with Gasteiger partial charge in [-0.2, -0.15) is 0 Å². The van der Waals surface area contributed by atoms with Crippen molar-refractivity contribution < 1.29 is 19.1 Å². The van der Waals surface area contributed by atoms with Crippen LogP contribution in [0.3, 0.4) is 0 Å². The van der Waals surface area contributed by atoms with Crippen LogP contribution in [0, 0.1) is 11.8 Å². The van der Waals surface area contributed by atoms with Crippen molar-refractivity contribution in [2.45, 2.75) is 42.2 Å². The fourth-order valence-corrected chi connectivity index (χ4v) is 7.06. The van der Waals surface area contributed by atoms with E-state index in [0.717, 1.165) is 54.8 Å². The first kappa shape index (κ1) is 22.4. The van der Waals surface area contributed by atoms with Gasteiger partial charge in [0, 0.05) is 18.8 Å². The van der Waals surface area contributed by atoms with Crippen molar-refractivity contribution in [2.24, 2.45) is 11.8 Å². The average Bonchev–Trinajstić information content (AvgIpc) is 3.68. The molecule has 0 aromatic heterocycles. The fourth-order valence-electron chi connectivity index (χ4n) is 5.84. The highest BCUT2D eigenvalue weighted by Gasteiger charge is 2.52. The molecule has 4 nitrogen and oxygen atoms in total. The summed E-state index contributed by atoms with van der Waals surface area (Å²) in [7, 11) is 0. The summed E-state index contributed by atoms with van der Waals surface area (Å²) in [5, 5.41) is 11.6. The Morgan fingerprint density at radius 3 is 2.38 bits per heavy atom. The minimum atomic E-state index is -0.858. The molecule has 4 fully saturated rings. The number of rotatable bonds is 10. The lowest BCUT2D eigenvalue weighted by Crippen LogP contribution is -2.68. The zero-order valence-corrected chi connectivity index (χ0v) is 20.3. The monoisotopic (exact) mass is 500 g/mol. The molecule has 3 aliphatic heterocycles. The Morgan fingerprint density at radius 1 is 0.969 bits per heavy atom. The quantitative estimate of drug-likeness (QED) is 0.290. The minimum Gasteiger partial charge on any atom is -0.493 e. The molecule has 6 rings (SSSR count). The number of piperidine rings is 3. The third kappa shape index (κ3) is 4.77. The molecule has 32 heavy (non-hydrogen) atoms. The van der Waals surface area contributed by atoms with Gasteiger partial charge in [-0.3, -0.25) is 0 Å². The molecular formula is C27H35BrNO3+. The number of fused-ring (bicyclic) bond motifs is 3. The molecule has 5 unspecified atom stereocenters. The second-order valence-electron chi connectivity index (χ2n) is 10.1. The van der Waals surface area contributed by atoms with Gasteiger partial charge in [-0.25, -0.2) is 0 Å². The van der Waals surface area contributed by atoms with Crippen LogP contribution in [0.5, 0.6) is 5.75 Å². The SMILES string of the molecule is OC(COC1C[N+]2(CCCOc3ccccc3)CCC1C(Br)C2)(c1ccccc1)C1CC1. The van der Waals surface area contributed by atoms with E-state index in [1.165, 1.54) is 19.5 Å². The van der Waals surface area contributed by atoms with Crippen molar-refractivity contribution in [3.05, 3.63) is 66.2 Å². The van der Waals surface area contributed by atoms with Gasteiger partial charge in [0.15, 0.2) is 0 Å². The van der Waals surface area contributed by atoms with E-state index in [9.17, 15) is 5.11 Å². The van der Waals surface area contributed by atoms with Gasteiger partial charge in [-0.1, -0.05) is 64.5 Å². The number of hydrogen-bond donors (Lipinski definition) is 1. The van der Waals surface area contributed by atoms with Crippen LogP contribution in [0.15, 0.2) is 60.7 Å². The van der Waals surface area contributed by atoms with Crippen molar-refractivity contribution in [3.8, 4) is 5.75 Å². The highest BCUT2D eigenvalue weighted by molar-refractivity contribution is 9.09. The molecule has 2 aromatic rings. The summed E-state index contributed by atoms with van der Waals surface area (Å²) in [5.41, 5.74) is 0.143. The van der Waals surface area contributed by atoms with E-state index in [-0.39, 0.29) is 6.10 Å². The first-order valence-electron chi connectivity index (χ1n) is 12.1. The summed E-state index contributed by atoms with van der Waals surface area (Å²) >= 11 is 3.98. The second-order valence-corrected chi connectivity index (χ2v) is 11.2. The molecule has 1 aliphatic carbocycles. The summed E-state index contributed by atoms with van der Waals surface area (Å²) in [6, 6.07) is 20.2. The van der Waals surface area contributed by atoms with Crippen LogP contribution in [0.4, 0.5) is 0 Å². The lowest BCUT2D eigenvalue weighted by molar-refractivity contribution is -0.945. The summed E-state index contributed by atoms with van der Waals surface area (Å²) < 4.78 is 13.6. The van der Waals surface area contributed by atoms with Gasteiger partial charge in [-0.05, 0) is 36.5 Å². The number of nitrogens with zero attached hydrogens (tertiary/aromatic N) is 1. The maximum atomic E-state index is 11.6. The van der Waals surface area contributed by atoms with Gasteiger partial charge < -0.3 is 19.1 Å². The van der Waals surface area contributed by atoms with Gasteiger partial charge in [0.25, 0.3) is 0 Å². The number of halogens is 1. The van der Waals surface area contributed by atoms with Crippen LogP contribution in [0.1, 0.15) is 31.2 Å². The van der Waals surface area contributed by atoms with Crippen LogP contribution in [0.2, 0.25) is 0 Å². The second kappa shape index (κ2) is 9.46. The van der Waals surface area contributed by atoms with Gasteiger partial charge in [0.1, 0.15) is 24.0 Å². The normalized spacial score (nSPS) is 31.2. The summed E-state index contributed by atoms with van der Waals surface area (Å²) in [6.07, 6.45) is 4.61. The van der Waals surface area contributed by atoms with E-state index in [2.05, 4.69) is 15.9 Å². The lowest BCUT2D eigenvalue weighted by atomic mass is 9.82. The van der Waals surface area contributed by atoms with E-state index in [1.807, 2.05) is 60.7 Å². The Labute approximate surface area is 200 Å². The van der Waals surface area contributed by atoms with E-state index >= 15 is 0 Å². The van der Waals surface area contributed by atoms with Crippen molar-refractivity contribution in [1.82, 2.24) is 0 Å². The van der Waals surface area contributed by atoms with Crippen LogP contribution < -0.4 is 4.74 Å². The Balaban J connectivity index is 1.19. The predicted octanol–water partition coefficient (Wildman–Crippen LogP) is 4.75. The molecule has 5 atom stereocenters. The molecule has 5 heteroatoms. The maximum absolute atomic E-state index is 11.6. The molecule has 172 valence electrons. The molecular weight excluding hydrogens is 466 g/mol. The zero-order chi connectivity index (χ0) is 22.0. The van der Waals surface area contributed by atoms with Crippen molar-refractivity contribution >= 4 is 15.9 Å². The molecule has 1 saturated carbocycles. The Morgan fingerprint density at radius 2 is 1.69 bits per heavy atom. The smallest absolute Gasteiger partial charge is 0.119 e. The topological polar surface area (TPSA) is 38.7 Å². The number of quaternary nitrogens is 1. The third-order valence-corrected chi connectivity index (χ3v) is 8.81. The van der Waals surface area contributed by atoms with Crippen LogP contribution in [-0.4, -0.2) is 59.9 Å². The largest absolute Gasteiger partial charge is 0.493 e. The van der Waals surface area contributed by atoms with E-state index in [1.54, 1.807) is 0 Å². The van der Waals surface area contributed by atoms with Crippen molar-refractivity contribution in [1.29, 1.82) is 0 Å². The van der Waals surface area contributed by atoms with Gasteiger partial charge in [-0.15, -0.1) is 0 Å². The summed E-state index contributed by atoms with van der Waals surface area (Å²) in [6.45, 7) is 5.72. The molecule has 0 radical (unpaired) electrons. The first-order chi connectivity index (χ1) is 15.6. The number of ether oxygens (including phenoxy) is 2.